The Balaban J connectivity index is 1.80. The minimum Gasteiger partial charge on any atom is -0.293 e. The molecule has 0 saturated carbocycles. The molecule has 0 fully saturated rings. The standard InChI is InChI=1S/C16H12BrFN4OS/c1-10(15(23)11-5-7-12(17)8-6-11)24-16-19-20-21-22(16)14-4-2-3-13(18)9-14/h2-10H,1H3/t10-/m1/s1. The van der Waals surface area contributed by atoms with Gasteiger partial charge in [-0.1, -0.05) is 45.9 Å². The van der Waals surface area contributed by atoms with Gasteiger partial charge in [-0.2, -0.15) is 4.68 Å². The van der Waals surface area contributed by atoms with Crippen molar-refractivity contribution in [2.45, 2.75) is 17.3 Å². The molecule has 0 bridgehead atoms. The monoisotopic (exact) mass is 406 g/mol. The van der Waals surface area contributed by atoms with E-state index in [9.17, 15) is 9.18 Å². The van der Waals surface area contributed by atoms with Gasteiger partial charge in [-0.3, -0.25) is 4.79 Å². The second-order valence-corrected chi connectivity index (χ2v) is 7.21. The largest absolute Gasteiger partial charge is 0.293 e. The van der Waals surface area contributed by atoms with Gasteiger partial charge in [-0.15, -0.1) is 5.10 Å². The minimum atomic E-state index is -0.385. The molecule has 8 heteroatoms. The number of Topliss-reactive ketones (excluding diaryl/α,β-unsaturated/α-hetero) is 1. The summed E-state index contributed by atoms with van der Waals surface area (Å²) in [6.07, 6.45) is 0. The van der Waals surface area contributed by atoms with Crippen LogP contribution in [0, 0.1) is 5.82 Å². The van der Waals surface area contributed by atoms with Gasteiger partial charge < -0.3 is 0 Å². The number of hydrogen-bond donors (Lipinski definition) is 0. The maximum absolute atomic E-state index is 13.4. The highest BCUT2D eigenvalue weighted by Gasteiger charge is 2.20. The quantitative estimate of drug-likeness (QED) is 0.474. The summed E-state index contributed by atoms with van der Waals surface area (Å²) in [6, 6.07) is 13.1. The number of halogens is 2. The van der Waals surface area contributed by atoms with Crippen LogP contribution in [0.2, 0.25) is 0 Å². The number of nitrogens with zero attached hydrogens (tertiary/aromatic N) is 4. The van der Waals surface area contributed by atoms with Gasteiger partial charge in [0.15, 0.2) is 5.78 Å². The molecule has 1 heterocycles. The van der Waals surface area contributed by atoms with Crippen LogP contribution in [-0.4, -0.2) is 31.2 Å². The molecule has 2 aromatic carbocycles. The van der Waals surface area contributed by atoms with Crippen LogP contribution < -0.4 is 0 Å². The van der Waals surface area contributed by atoms with Crippen LogP contribution in [0.3, 0.4) is 0 Å². The Hall–Kier alpha value is -2.06. The van der Waals surface area contributed by atoms with Gasteiger partial charge >= 0.3 is 0 Å². The van der Waals surface area contributed by atoms with Crippen molar-refractivity contribution in [2.24, 2.45) is 0 Å². The number of ketones is 1. The van der Waals surface area contributed by atoms with Gasteiger partial charge in [-0.25, -0.2) is 4.39 Å². The molecule has 0 amide bonds. The predicted octanol–water partition coefficient (Wildman–Crippen LogP) is 3.93. The number of hydrogen-bond acceptors (Lipinski definition) is 5. The van der Waals surface area contributed by atoms with E-state index in [4.69, 9.17) is 0 Å². The fraction of sp³-hybridized carbons (Fsp3) is 0.125. The summed E-state index contributed by atoms with van der Waals surface area (Å²) in [7, 11) is 0. The van der Waals surface area contributed by atoms with Crippen molar-refractivity contribution in [2.75, 3.05) is 0 Å². The zero-order valence-corrected chi connectivity index (χ0v) is 15.0. The fourth-order valence-corrected chi connectivity index (χ4v) is 3.23. The molecule has 3 aromatic rings. The molecule has 0 saturated heterocycles. The number of thioether (sulfide) groups is 1. The number of tetrazole rings is 1. The van der Waals surface area contributed by atoms with Crippen LogP contribution in [0.15, 0.2) is 58.2 Å². The van der Waals surface area contributed by atoms with Gasteiger partial charge in [0.05, 0.1) is 10.9 Å². The second-order valence-electron chi connectivity index (χ2n) is 4.98. The third-order valence-corrected chi connectivity index (χ3v) is 4.84. The smallest absolute Gasteiger partial charge is 0.214 e. The van der Waals surface area contributed by atoms with Crippen molar-refractivity contribution >= 4 is 33.5 Å². The zero-order valence-electron chi connectivity index (χ0n) is 12.6. The summed E-state index contributed by atoms with van der Waals surface area (Å²) in [5.74, 6) is -0.403. The average molecular weight is 407 g/mol. The number of benzene rings is 2. The number of carbonyl (C=O) groups is 1. The summed E-state index contributed by atoms with van der Waals surface area (Å²) in [4.78, 5) is 12.5. The Kier molecular flexibility index (Phi) is 5.06. The topological polar surface area (TPSA) is 60.7 Å². The second kappa shape index (κ2) is 7.23. The molecular weight excluding hydrogens is 395 g/mol. The highest BCUT2D eigenvalue weighted by molar-refractivity contribution is 9.10. The highest BCUT2D eigenvalue weighted by atomic mass is 79.9. The minimum absolute atomic E-state index is 0.0266. The van der Waals surface area contributed by atoms with Crippen LogP contribution in [0.4, 0.5) is 4.39 Å². The molecule has 0 N–H and O–H groups in total. The van der Waals surface area contributed by atoms with Crippen molar-refractivity contribution in [3.8, 4) is 5.69 Å². The van der Waals surface area contributed by atoms with E-state index in [0.717, 1.165) is 4.47 Å². The zero-order chi connectivity index (χ0) is 17.1. The first kappa shape index (κ1) is 16.8. The van der Waals surface area contributed by atoms with E-state index < -0.39 is 0 Å². The lowest BCUT2D eigenvalue weighted by Gasteiger charge is -2.10. The van der Waals surface area contributed by atoms with Crippen molar-refractivity contribution in [1.29, 1.82) is 0 Å². The van der Waals surface area contributed by atoms with Gasteiger partial charge in [0, 0.05) is 10.0 Å². The van der Waals surface area contributed by atoms with Gasteiger partial charge in [0.1, 0.15) is 5.82 Å². The first-order valence-corrected chi connectivity index (χ1v) is 8.72. The predicted molar refractivity (Wildman–Crippen MR) is 92.9 cm³/mol. The SMILES string of the molecule is C[C@@H](Sc1nnnn1-c1cccc(F)c1)C(=O)c1ccc(Br)cc1. The molecule has 0 radical (unpaired) electrons. The number of carbonyl (C=O) groups excluding carboxylic acids is 1. The van der Waals surface area contributed by atoms with Gasteiger partial charge in [0.25, 0.3) is 0 Å². The van der Waals surface area contributed by atoms with Crippen molar-refractivity contribution in [3.63, 3.8) is 0 Å². The normalized spacial score (nSPS) is 12.1. The number of rotatable bonds is 5. The third kappa shape index (κ3) is 3.70. The van der Waals surface area contributed by atoms with E-state index >= 15 is 0 Å². The van der Waals surface area contributed by atoms with Crippen molar-refractivity contribution in [3.05, 3.63) is 64.4 Å². The molecule has 0 spiro atoms. The molecule has 0 aliphatic rings. The highest BCUT2D eigenvalue weighted by Crippen LogP contribution is 2.25. The molecule has 0 unspecified atom stereocenters. The molecule has 24 heavy (non-hydrogen) atoms. The molecular formula is C16H12BrFN4OS. The van der Waals surface area contributed by atoms with Crippen LogP contribution in [-0.2, 0) is 0 Å². The molecule has 0 aliphatic heterocycles. The summed E-state index contributed by atoms with van der Waals surface area (Å²) < 4.78 is 15.7. The lowest BCUT2D eigenvalue weighted by molar-refractivity contribution is 0.0994. The van der Waals surface area contributed by atoms with Crippen LogP contribution >= 0.6 is 27.7 Å². The van der Waals surface area contributed by atoms with E-state index in [1.807, 2.05) is 12.1 Å². The molecule has 5 nitrogen and oxygen atoms in total. The Labute approximate surface area is 150 Å². The Bertz CT molecular complexity index is 869. The van der Waals surface area contributed by atoms with E-state index in [0.29, 0.717) is 16.4 Å². The Morgan fingerprint density at radius 1 is 1.25 bits per heavy atom. The van der Waals surface area contributed by atoms with Crippen LogP contribution in [0.1, 0.15) is 17.3 Å². The Morgan fingerprint density at radius 2 is 2.00 bits per heavy atom. The lowest BCUT2D eigenvalue weighted by atomic mass is 10.1. The summed E-state index contributed by atoms with van der Waals surface area (Å²) in [5.41, 5.74) is 1.12. The van der Waals surface area contributed by atoms with Crippen molar-refractivity contribution < 1.29 is 9.18 Å². The average Bonchev–Trinajstić information content (AvgIpc) is 3.03. The van der Waals surface area contributed by atoms with Crippen LogP contribution in [0.25, 0.3) is 5.69 Å². The maximum atomic E-state index is 13.4. The lowest BCUT2D eigenvalue weighted by Crippen LogP contribution is -2.14. The van der Waals surface area contributed by atoms with E-state index in [-0.39, 0.29) is 16.9 Å². The molecule has 0 aliphatic carbocycles. The van der Waals surface area contributed by atoms with Crippen molar-refractivity contribution in [1.82, 2.24) is 20.2 Å². The summed E-state index contributed by atoms with van der Waals surface area (Å²) in [5, 5.41) is 11.5. The number of aromatic nitrogens is 4. The molecule has 1 atom stereocenters. The fourth-order valence-electron chi connectivity index (χ4n) is 2.08. The van der Waals surface area contributed by atoms with Gasteiger partial charge in [-0.05, 0) is 47.7 Å². The maximum Gasteiger partial charge on any atom is 0.214 e. The van der Waals surface area contributed by atoms with E-state index in [2.05, 4.69) is 31.5 Å². The van der Waals surface area contributed by atoms with E-state index in [1.54, 1.807) is 31.2 Å². The summed E-state index contributed by atoms with van der Waals surface area (Å²) in [6.45, 7) is 1.79. The Morgan fingerprint density at radius 3 is 2.71 bits per heavy atom. The molecule has 3 rings (SSSR count). The van der Waals surface area contributed by atoms with Gasteiger partial charge in [0.2, 0.25) is 5.16 Å². The van der Waals surface area contributed by atoms with E-state index in [1.165, 1.54) is 28.6 Å². The first-order valence-electron chi connectivity index (χ1n) is 7.05. The van der Waals surface area contributed by atoms with Crippen LogP contribution in [0.5, 0.6) is 0 Å². The molecule has 122 valence electrons. The molecule has 1 aromatic heterocycles. The first-order chi connectivity index (χ1) is 11.5. The third-order valence-electron chi connectivity index (χ3n) is 3.27. The summed E-state index contributed by atoms with van der Waals surface area (Å²) >= 11 is 4.57.